The number of hydrogen-bond acceptors (Lipinski definition) is 4. The Morgan fingerprint density at radius 3 is 2.13 bits per heavy atom. The molecule has 0 rings (SSSR count). The van der Waals surface area contributed by atoms with Crippen LogP contribution in [0.2, 0.25) is 0 Å². The molecule has 0 spiro atoms. The van der Waals surface area contributed by atoms with Crippen molar-refractivity contribution in [3.63, 3.8) is 0 Å². The normalized spacial score (nSPS) is 13.1. The zero-order valence-electron chi connectivity index (χ0n) is 9.56. The minimum atomic E-state index is -0.769. The van der Waals surface area contributed by atoms with Crippen LogP contribution in [0.1, 0.15) is 27.2 Å². The van der Waals surface area contributed by atoms with Crippen molar-refractivity contribution in [2.75, 3.05) is 19.0 Å². The molecule has 0 aliphatic carbocycles. The summed E-state index contributed by atoms with van der Waals surface area (Å²) in [7, 11) is 0. The van der Waals surface area contributed by atoms with E-state index in [0.29, 0.717) is 25.4 Å². The largest absolute Gasteiger partial charge is 0.480 e. The number of carboxylic acids is 1. The molecule has 0 amide bonds. The van der Waals surface area contributed by atoms with Crippen molar-refractivity contribution < 1.29 is 19.4 Å². The van der Waals surface area contributed by atoms with Crippen LogP contribution in [0.25, 0.3) is 0 Å². The summed E-state index contributed by atoms with van der Waals surface area (Å²) in [5.74, 6) is -0.207. The molecule has 0 saturated carbocycles. The predicted octanol–water partition coefficient (Wildman–Crippen LogP) is 1.98. The molecular weight excluding hydrogens is 216 g/mol. The highest BCUT2D eigenvalue weighted by Gasteiger charge is 2.18. The smallest absolute Gasteiger partial charge is 0.316 e. The standard InChI is InChI=1S/C10H20O4S/c1-4-8(10(11)12)15-7-9(13-5-2)14-6-3/h8-9H,4-7H2,1-3H3,(H,11,12). The molecule has 0 aromatic rings. The van der Waals surface area contributed by atoms with Crippen molar-refractivity contribution >= 4 is 17.7 Å². The number of hydrogen-bond donors (Lipinski definition) is 1. The van der Waals surface area contributed by atoms with E-state index in [1.165, 1.54) is 11.8 Å². The minimum absolute atomic E-state index is 0.293. The fraction of sp³-hybridized carbons (Fsp3) is 0.900. The quantitative estimate of drug-likeness (QED) is 0.620. The predicted molar refractivity (Wildman–Crippen MR) is 61.2 cm³/mol. The van der Waals surface area contributed by atoms with Crippen molar-refractivity contribution in [3.8, 4) is 0 Å². The number of carboxylic acid groups (broad SMARTS) is 1. The Bertz CT molecular complexity index is 169. The van der Waals surface area contributed by atoms with Gasteiger partial charge >= 0.3 is 5.97 Å². The SMILES string of the molecule is CCOC(CSC(CC)C(=O)O)OCC. The summed E-state index contributed by atoms with van der Waals surface area (Å²) >= 11 is 1.37. The summed E-state index contributed by atoms with van der Waals surface area (Å²) in [6, 6.07) is 0. The molecule has 15 heavy (non-hydrogen) atoms. The summed E-state index contributed by atoms with van der Waals surface area (Å²) in [4.78, 5) is 10.8. The summed E-state index contributed by atoms with van der Waals surface area (Å²) in [6.45, 7) is 6.81. The molecule has 0 aliphatic heterocycles. The highest BCUT2D eigenvalue weighted by Crippen LogP contribution is 2.17. The molecule has 0 bridgehead atoms. The number of thioether (sulfide) groups is 1. The van der Waals surface area contributed by atoms with Gasteiger partial charge in [-0.15, -0.1) is 11.8 Å². The van der Waals surface area contributed by atoms with Gasteiger partial charge in [-0.05, 0) is 20.3 Å². The van der Waals surface area contributed by atoms with E-state index in [1.54, 1.807) is 0 Å². The van der Waals surface area contributed by atoms with Crippen LogP contribution in [0, 0.1) is 0 Å². The van der Waals surface area contributed by atoms with Crippen LogP contribution in [0.3, 0.4) is 0 Å². The lowest BCUT2D eigenvalue weighted by Gasteiger charge is -2.18. The van der Waals surface area contributed by atoms with Crippen LogP contribution in [-0.4, -0.2) is 41.6 Å². The van der Waals surface area contributed by atoms with Gasteiger partial charge in [-0.3, -0.25) is 4.79 Å². The second kappa shape index (κ2) is 9.00. The van der Waals surface area contributed by atoms with E-state index in [4.69, 9.17) is 14.6 Å². The van der Waals surface area contributed by atoms with E-state index in [2.05, 4.69) is 0 Å². The van der Waals surface area contributed by atoms with Gasteiger partial charge in [0.15, 0.2) is 6.29 Å². The molecule has 90 valence electrons. The van der Waals surface area contributed by atoms with Crippen molar-refractivity contribution in [2.24, 2.45) is 0 Å². The van der Waals surface area contributed by atoms with E-state index in [1.807, 2.05) is 20.8 Å². The van der Waals surface area contributed by atoms with Crippen LogP contribution >= 0.6 is 11.8 Å². The Morgan fingerprint density at radius 2 is 1.80 bits per heavy atom. The maximum absolute atomic E-state index is 10.8. The van der Waals surface area contributed by atoms with Gasteiger partial charge in [0.2, 0.25) is 0 Å². The zero-order valence-corrected chi connectivity index (χ0v) is 10.4. The van der Waals surface area contributed by atoms with E-state index in [0.717, 1.165) is 0 Å². The second-order valence-electron chi connectivity index (χ2n) is 2.91. The highest BCUT2D eigenvalue weighted by molar-refractivity contribution is 8.00. The number of rotatable bonds is 9. The third kappa shape index (κ3) is 6.76. The molecule has 0 radical (unpaired) electrons. The van der Waals surface area contributed by atoms with Crippen LogP contribution in [0.15, 0.2) is 0 Å². The molecule has 5 heteroatoms. The van der Waals surface area contributed by atoms with Crippen molar-refractivity contribution in [1.29, 1.82) is 0 Å². The maximum atomic E-state index is 10.8. The molecule has 0 aromatic heterocycles. The first-order valence-electron chi connectivity index (χ1n) is 5.23. The summed E-state index contributed by atoms with van der Waals surface area (Å²) < 4.78 is 10.6. The summed E-state index contributed by atoms with van der Waals surface area (Å²) in [6.07, 6.45) is 0.323. The van der Waals surface area contributed by atoms with Gasteiger partial charge in [0.1, 0.15) is 5.25 Å². The Labute approximate surface area is 95.3 Å². The second-order valence-corrected chi connectivity index (χ2v) is 4.14. The summed E-state index contributed by atoms with van der Waals surface area (Å²) in [5.41, 5.74) is 0. The number of ether oxygens (including phenoxy) is 2. The number of carbonyl (C=O) groups is 1. The van der Waals surface area contributed by atoms with Crippen LogP contribution in [0.4, 0.5) is 0 Å². The first kappa shape index (κ1) is 14.7. The minimum Gasteiger partial charge on any atom is -0.480 e. The molecule has 1 N–H and O–H groups in total. The fourth-order valence-electron chi connectivity index (χ4n) is 1.07. The lowest BCUT2D eigenvalue weighted by Crippen LogP contribution is -2.24. The monoisotopic (exact) mass is 236 g/mol. The van der Waals surface area contributed by atoms with Gasteiger partial charge in [-0.1, -0.05) is 6.92 Å². The van der Waals surface area contributed by atoms with Crippen LogP contribution in [-0.2, 0) is 14.3 Å². The Hall–Kier alpha value is -0.260. The molecule has 0 aromatic carbocycles. The zero-order chi connectivity index (χ0) is 11.7. The van der Waals surface area contributed by atoms with E-state index < -0.39 is 5.97 Å². The maximum Gasteiger partial charge on any atom is 0.316 e. The molecule has 0 heterocycles. The van der Waals surface area contributed by atoms with E-state index >= 15 is 0 Å². The third-order valence-electron chi connectivity index (χ3n) is 1.78. The average Bonchev–Trinajstić information content (AvgIpc) is 2.18. The number of aliphatic carboxylic acids is 1. The first-order chi connectivity index (χ1) is 7.15. The molecule has 1 atom stereocenters. The third-order valence-corrected chi connectivity index (χ3v) is 3.19. The van der Waals surface area contributed by atoms with Crippen molar-refractivity contribution in [2.45, 2.75) is 38.7 Å². The van der Waals surface area contributed by atoms with Gasteiger partial charge in [-0.25, -0.2) is 0 Å². The molecule has 0 fully saturated rings. The fourth-order valence-corrected chi connectivity index (χ4v) is 2.03. The van der Waals surface area contributed by atoms with Crippen molar-refractivity contribution in [3.05, 3.63) is 0 Å². The van der Waals surface area contributed by atoms with Crippen LogP contribution < -0.4 is 0 Å². The molecule has 4 nitrogen and oxygen atoms in total. The van der Waals surface area contributed by atoms with Crippen LogP contribution in [0.5, 0.6) is 0 Å². The lowest BCUT2D eigenvalue weighted by molar-refractivity contribution is -0.136. The Morgan fingerprint density at radius 1 is 1.27 bits per heavy atom. The van der Waals surface area contributed by atoms with Crippen molar-refractivity contribution in [1.82, 2.24) is 0 Å². The highest BCUT2D eigenvalue weighted by atomic mass is 32.2. The first-order valence-corrected chi connectivity index (χ1v) is 6.28. The molecule has 0 aliphatic rings. The average molecular weight is 236 g/mol. The molecule has 0 saturated heterocycles. The topological polar surface area (TPSA) is 55.8 Å². The molecule has 1 unspecified atom stereocenters. The van der Waals surface area contributed by atoms with Gasteiger partial charge in [-0.2, -0.15) is 0 Å². The van der Waals surface area contributed by atoms with Gasteiger partial charge in [0.05, 0.1) is 0 Å². The van der Waals surface area contributed by atoms with Gasteiger partial charge in [0, 0.05) is 19.0 Å². The lowest BCUT2D eigenvalue weighted by atomic mass is 10.3. The Kier molecular flexibility index (Phi) is 8.85. The van der Waals surface area contributed by atoms with E-state index in [9.17, 15) is 4.79 Å². The summed E-state index contributed by atoms with van der Waals surface area (Å²) in [5, 5.41) is 8.48. The molecular formula is C10H20O4S. The van der Waals surface area contributed by atoms with Gasteiger partial charge < -0.3 is 14.6 Å². The van der Waals surface area contributed by atoms with Gasteiger partial charge in [0.25, 0.3) is 0 Å². The Balaban J connectivity index is 3.89. The van der Waals surface area contributed by atoms with E-state index in [-0.39, 0.29) is 11.5 Å².